The van der Waals surface area contributed by atoms with Gasteiger partial charge >= 0.3 is 0 Å². The van der Waals surface area contributed by atoms with Crippen LogP contribution in [0.25, 0.3) is 11.1 Å². The Kier molecular flexibility index (Phi) is 62.4. The molecule has 15 aromatic rings. The van der Waals surface area contributed by atoms with Gasteiger partial charge in [-0.1, -0.05) is 46.4 Å². The quantitative estimate of drug-likeness (QED) is 0.0821. The molecule has 0 aliphatic carbocycles. The van der Waals surface area contributed by atoms with Gasteiger partial charge in [0.2, 0.25) is 6.39 Å². The van der Waals surface area contributed by atoms with E-state index in [2.05, 4.69) is 129 Å². The summed E-state index contributed by atoms with van der Waals surface area (Å²) in [5.41, 5.74) is 5.23. The number of pyridine rings is 1. The van der Waals surface area contributed by atoms with E-state index in [-0.39, 0.29) is 0 Å². The number of rotatable bonds is 0. The van der Waals surface area contributed by atoms with Crippen LogP contribution in [-0.2, 0) is 4.74 Å². The zero-order valence-corrected chi connectivity index (χ0v) is 56.0. The van der Waals surface area contributed by atoms with Gasteiger partial charge in [0.15, 0.2) is 24.7 Å². The van der Waals surface area contributed by atoms with Crippen LogP contribution in [0.3, 0.4) is 0 Å². The zero-order valence-electron chi connectivity index (χ0n) is 52.8. The van der Waals surface area contributed by atoms with Crippen LogP contribution in [0.15, 0.2) is 316 Å². The molecule has 14 aromatic heterocycles. The van der Waals surface area contributed by atoms with Gasteiger partial charge in [0.1, 0.15) is 29.9 Å². The van der Waals surface area contributed by atoms with Crippen molar-refractivity contribution in [3.8, 4) is 0 Å². The predicted molar refractivity (Wildman–Crippen MR) is 376 cm³/mol. The van der Waals surface area contributed by atoms with Crippen LogP contribution in [0.1, 0.15) is 19.3 Å². The summed E-state index contributed by atoms with van der Waals surface area (Å²) < 4.78 is 30.5. The number of thiazole rings is 1. The Balaban J connectivity index is 0.000000348. The highest BCUT2D eigenvalue weighted by atomic mass is 32.1. The maximum atomic E-state index is 5.01. The number of hydrogen-bond acceptors (Lipinski definition) is 30. The highest BCUT2D eigenvalue weighted by molar-refractivity contribution is 7.07. The van der Waals surface area contributed by atoms with Crippen LogP contribution in [0.2, 0.25) is 0 Å². The third-order valence-electron chi connectivity index (χ3n) is 9.55. The first-order valence-electron chi connectivity index (χ1n) is 29.3. The lowest BCUT2D eigenvalue weighted by atomic mass is 10.2. The Hall–Kier alpha value is -10.5. The number of fused-ring (bicyclic) bond motifs is 1. The van der Waals surface area contributed by atoms with E-state index in [9.17, 15) is 0 Å². The van der Waals surface area contributed by atoms with Crippen LogP contribution >= 0.6 is 45.7 Å². The number of aromatic amines is 2. The molecule has 18 rings (SSSR count). The smallest absolute Gasteiger partial charge is 0.213 e. The molecule has 506 valence electrons. The average Bonchev–Trinajstić information content (AvgIpc) is 2.68. The molecule has 0 saturated carbocycles. The molecule has 1 aromatic carbocycles. The molecule has 0 amide bonds. The molecule has 32 heteroatoms. The molecule has 0 atom stereocenters. The topological polar surface area (TPSA) is 361 Å². The van der Waals surface area contributed by atoms with Crippen LogP contribution < -0.4 is 21.3 Å². The number of imidazole rings is 1. The highest BCUT2D eigenvalue weighted by Gasteiger charge is 1.95. The van der Waals surface area contributed by atoms with Crippen molar-refractivity contribution in [2.45, 2.75) is 19.3 Å². The SMILES string of the molecule is C1CCNCC1.C1CNCCN1.C1COCCN1.c1c[nH]cn1.c1cc[nH]c1.c1ccc2ocnc2c1.c1ccncc1.c1ccnnc1.c1ccoc1.c1ccsc1.c1cnccn1.c1cncnc1.c1cocn1.c1cscn1.c1csnn1.c1ncon1.c1ncsn1. The lowest BCUT2D eigenvalue weighted by Crippen LogP contribution is -2.39. The normalized spacial score (nSPS) is 11.2. The summed E-state index contributed by atoms with van der Waals surface area (Å²) >= 11 is 6.02. The molecular formula is C64H81N23O5S4. The van der Waals surface area contributed by atoms with Crippen molar-refractivity contribution in [3.05, 3.63) is 298 Å². The Morgan fingerprint density at radius 2 is 1.05 bits per heavy atom. The summed E-state index contributed by atoms with van der Waals surface area (Å²) in [4.78, 5) is 46.2. The van der Waals surface area contributed by atoms with Gasteiger partial charge in [-0.15, -0.1) is 16.4 Å². The Morgan fingerprint density at radius 1 is 0.375 bits per heavy atom. The van der Waals surface area contributed by atoms with E-state index >= 15 is 0 Å². The number of furan rings is 1. The molecule has 0 radical (unpaired) electrons. The number of piperazine rings is 1. The standard InChI is InChI=1S/C7H5NO.C5H11N.C5H5N.C4H10N2.3C4H4N2.C4H9NO.C4H5N.C4H4O.C4H4S.C3H4N2.C3H3NO.C3H3NS.C2H2N2O.2C2H2N2S/c1-2-4-7-6(3-1)8-5-9-7;2*1-2-4-6-5-3-1;2*1-2-6-4-3-5-1;1-2-5-4-6-3-1;1-2-4-6-5-3-1;1-3-6-4-2-5-1;3*1-2-4-5-3-1;3*1-2-5-3-4-1;2*1-3-2-5-4-1;1-2-5-4-3-1/h1-5H;6H,1-5H2;1-5H;5-6H,1-4H2;3*1-4H;5H,1-4H2;1-5H;2*1-4H;1-3H,(H,4,5);2*1-3H;3*1-2H. The molecule has 3 aliphatic rings. The lowest BCUT2D eigenvalue weighted by molar-refractivity contribution is 0.109. The number of aromatic nitrogens is 19. The van der Waals surface area contributed by atoms with Crippen LogP contribution in [-0.4, -0.2) is 160 Å². The molecule has 0 unspecified atom stereocenters. The number of ether oxygens (including phenoxy) is 1. The second kappa shape index (κ2) is 73.5. The number of piperidine rings is 1. The minimum Gasteiger partial charge on any atom is -0.473 e. The molecule has 96 heavy (non-hydrogen) atoms. The van der Waals surface area contributed by atoms with Gasteiger partial charge in [-0.05, 0) is 126 Å². The number of benzene rings is 1. The second-order valence-electron chi connectivity index (χ2n) is 16.6. The number of morpholine rings is 1. The van der Waals surface area contributed by atoms with Crippen molar-refractivity contribution in [1.82, 2.24) is 115 Å². The molecule has 0 spiro atoms. The van der Waals surface area contributed by atoms with Crippen molar-refractivity contribution in [3.63, 3.8) is 0 Å². The Labute approximate surface area is 574 Å². The minimum absolute atomic E-state index is 0.845. The number of nitrogens with zero attached hydrogens (tertiary/aromatic N) is 17. The fraction of sp³-hybridized carbons (Fsp3) is 0.203. The van der Waals surface area contributed by atoms with Crippen LogP contribution in [0.4, 0.5) is 0 Å². The number of hydrogen-bond donors (Lipinski definition) is 6. The summed E-state index contributed by atoms with van der Waals surface area (Å²) in [7, 11) is 0. The van der Waals surface area contributed by atoms with Crippen molar-refractivity contribution in [2.75, 3.05) is 65.6 Å². The third kappa shape index (κ3) is 65.0. The fourth-order valence-electron chi connectivity index (χ4n) is 5.50. The second-order valence-corrected chi connectivity index (χ2v) is 19.4. The summed E-state index contributed by atoms with van der Waals surface area (Å²) in [6, 6.07) is 30.4. The maximum Gasteiger partial charge on any atom is 0.213 e. The van der Waals surface area contributed by atoms with Gasteiger partial charge in [0.05, 0.1) is 50.0 Å². The van der Waals surface area contributed by atoms with E-state index in [1.807, 2.05) is 125 Å². The molecule has 6 N–H and O–H groups in total. The largest absolute Gasteiger partial charge is 0.473 e. The van der Waals surface area contributed by atoms with Gasteiger partial charge in [0.25, 0.3) is 0 Å². The van der Waals surface area contributed by atoms with Crippen LogP contribution in [0, 0.1) is 0 Å². The summed E-state index contributed by atoms with van der Waals surface area (Å²) in [5, 5.41) is 34.5. The predicted octanol–water partition coefficient (Wildman–Crippen LogP) is 11.3. The molecule has 28 nitrogen and oxygen atoms in total. The van der Waals surface area contributed by atoms with Crippen molar-refractivity contribution in [1.29, 1.82) is 0 Å². The van der Waals surface area contributed by atoms with Gasteiger partial charge in [-0.3, -0.25) is 19.9 Å². The molecular weight excluding hydrogens is 1300 g/mol. The highest BCUT2D eigenvalue weighted by Crippen LogP contribution is 2.09. The van der Waals surface area contributed by atoms with E-state index < -0.39 is 0 Å². The number of thiophene rings is 1. The van der Waals surface area contributed by atoms with Crippen molar-refractivity contribution < 1.29 is 22.5 Å². The van der Waals surface area contributed by atoms with E-state index in [0.717, 1.165) is 63.6 Å². The average molecular weight is 1380 g/mol. The fourth-order valence-corrected chi connectivity index (χ4v) is 6.85. The van der Waals surface area contributed by atoms with Gasteiger partial charge in [0, 0.05) is 143 Å². The van der Waals surface area contributed by atoms with Gasteiger partial charge in [-0.2, -0.15) is 25.9 Å². The van der Waals surface area contributed by atoms with Gasteiger partial charge in [-0.25, -0.2) is 34.9 Å². The number of oxazole rings is 2. The minimum atomic E-state index is 0.845. The van der Waals surface area contributed by atoms with Crippen molar-refractivity contribution >= 4 is 56.8 Å². The number of H-pyrrole nitrogens is 2. The zero-order chi connectivity index (χ0) is 67.6. The maximum absolute atomic E-state index is 5.01. The Bertz CT molecular complexity index is 2560. The molecule has 3 fully saturated rings. The molecule has 3 saturated heterocycles. The first-order chi connectivity index (χ1) is 48.0. The van der Waals surface area contributed by atoms with Crippen LogP contribution in [0.5, 0.6) is 0 Å². The van der Waals surface area contributed by atoms with E-state index in [0.29, 0.717) is 0 Å². The van der Waals surface area contributed by atoms with E-state index in [4.69, 9.17) is 9.15 Å². The van der Waals surface area contributed by atoms with E-state index in [1.54, 1.807) is 152 Å². The Morgan fingerprint density at radius 3 is 1.30 bits per heavy atom. The van der Waals surface area contributed by atoms with Gasteiger partial charge < -0.3 is 53.7 Å². The first-order valence-corrected chi connectivity index (χ1v) is 32.9. The monoisotopic (exact) mass is 1380 g/mol. The summed E-state index contributed by atoms with van der Waals surface area (Å²) in [5.74, 6) is 0. The first kappa shape index (κ1) is 81.5. The molecule has 0 bridgehead atoms. The third-order valence-corrected chi connectivity index (χ3v) is 11.6. The lowest BCUT2D eigenvalue weighted by Gasteiger charge is -2.11. The molecule has 3 aliphatic heterocycles. The molecule has 17 heterocycles. The summed E-state index contributed by atoms with van der Waals surface area (Å²) in [6.07, 6.45) is 48.0. The number of para-hydroxylation sites is 2. The van der Waals surface area contributed by atoms with E-state index in [1.165, 1.54) is 99.8 Å². The summed E-state index contributed by atoms with van der Waals surface area (Å²) in [6.45, 7) is 10.9. The number of nitrogens with one attached hydrogen (secondary N) is 6. The van der Waals surface area contributed by atoms with Crippen molar-refractivity contribution in [2.24, 2.45) is 0 Å².